The van der Waals surface area contributed by atoms with Crippen molar-refractivity contribution in [3.05, 3.63) is 57.4 Å². The summed E-state index contributed by atoms with van der Waals surface area (Å²) in [6, 6.07) is 8.16. The van der Waals surface area contributed by atoms with Gasteiger partial charge in [0.15, 0.2) is 11.0 Å². The van der Waals surface area contributed by atoms with Crippen LogP contribution >= 0.6 is 35.0 Å². The van der Waals surface area contributed by atoms with Crippen LogP contribution in [0.3, 0.4) is 0 Å². The highest BCUT2D eigenvalue weighted by molar-refractivity contribution is 8.15. The Morgan fingerprint density at radius 1 is 1.26 bits per heavy atom. The molecule has 0 N–H and O–H groups in total. The molecule has 0 saturated carbocycles. The van der Waals surface area contributed by atoms with Gasteiger partial charge < -0.3 is 4.42 Å². The molecule has 1 amide bonds. The van der Waals surface area contributed by atoms with Crippen LogP contribution in [0.25, 0.3) is 11.3 Å². The number of furan rings is 1. The maximum Gasteiger partial charge on any atom is 0.239 e. The van der Waals surface area contributed by atoms with Gasteiger partial charge in [0.25, 0.3) is 0 Å². The van der Waals surface area contributed by atoms with Crippen molar-refractivity contribution < 1.29 is 14.0 Å². The molecule has 8 heteroatoms. The first-order valence-electron chi connectivity index (χ1n) is 8.17. The number of thioether (sulfide) groups is 1. The van der Waals surface area contributed by atoms with Crippen LogP contribution in [0.2, 0.25) is 10.0 Å². The second-order valence-electron chi connectivity index (χ2n) is 6.24. The third-order valence-electron chi connectivity index (χ3n) is 4.46. The molecule has 0 spiro atoms. The van der Waals surface area contributed by atoms with E-state index in [-0.39, 0.29) is 11.7 Å². The van der Waals surface area contributed by atoms with E-state index < -0.39 is 6.04 Å². The van der Waals surface area contributed by atoms with E-state index in [9.17, 15) is 9.59 Å². The monoisotopic (exact) mass is 420 g/mol. The van der Waals surface area contributed by atoms with E-state index in [1.807, 2.05) is 0 Å². The summed E-state index contributed by atoms with van der Waals surface area (Å²) in [6.07, 6.45) is 0. The van der Waals surface area contributed by atoms with E-state index in [1.54, 1.807) is 42.2 Å². The maximum absolute atomic E-state index is 12.4. The average molecular weight is 421 g/mol. The Morgan fingerprint density at radius 2 is 2.04 bits per heavy atom. The van der Waals surface area contributed by atoms with Crippen LogP contribution in [0.1, 0.15) is 25.6 Å². The minimum atomic E-state index is -0.617. The van der Waals surface area contributed by atoms with E-state index in [2.05, 4.69) is 4.99 Å². The van der Waals surface area contributed by atoms with Crippen LogP contribution in [0.4, 0.5) is 0 Å². The van der Waals surface area contributed by atoms with Gasteiger partial charge in [-0.05, 0) is 44.2 Å². The average Bonchev–Trinajstić information content (AvgIpc) is 3.23. The van der Waals surface area contributed by atoms with Crippen molar-refractivity contribution in [2.75, 3.05) is 5.75 Å². The van der Waals surface area contributed by atoms with Crippen LogP contribution in [-0.4, -0.2) is 27.5 Å². The van der Waals surface area contributed by atoms with E-state index in [4.69, 9.17) is 27.6 Å². The molecule has 138 valence electrons. The molecule has 0 aliphatic carbocycles. The van der Waals surface area contributed by atoms with Crippen molar-refractivity contribution in [1.29, 1.82) is 0 Å². The quantitative estimate of drug-likeness (QED) is 0.692. The molecule has 5 nitrogen and oxygen atoms in total. The number of rotatable bonds is 3. The highest BCUT2D eigenvalue weighted by atomic mass is 35.5. The van der Waals surface area contributed by atoms with Crippen molar-refractivity contribution in [2.45, 2.75) is 19.9 Å². The summed E-state index contributed by atoms with van der Waals surface area (Å²) in [5, 5.41) is 1.47. The predicted octanol–water partition coefficient (Wildman–Crippen LogP) is 5.10. The lowest BCUT2D eigenvalue weighted by Gasteiger charge is -2.31. The Labute approximate surface area is 170 Å². The number of carbonyl (C=O) groups excluding carboxylic acids is 2. The molecule has 3 heterocycles. The third-order valence-corrected chi connectivity index (χ3v) is 6.14. The zero-order valence-corrected chi connectivity index (χ0v) is 16.8. The van der Waals surface area contributed by atoms with Gasteiger partial charge in [0, 0.05) is 16.8 Å². The highest BCUT2D eigenvalue weighted by Crippen LogP contribution is 2.42. The van der Waals surface area contributed by atoms with Crippen LogP contribution in [0.5, 0.6) is 0 Å². The summed E-state index contributed by atoms with van der Waals surface area (Å²) >= 11 is 13.4. The van der Waals surface area contributed by atoms with Crippen molar-refractivity contribution in [3.63, 3.8) is 0 Å². The van der Waals surface area contributed by atoms with Crippen molar-refractivity contribution in [3.8, 4) is 11.3 Å². The lowest BCUT2D eigenvalue weighted by molar-refractivity contribution is -0.125. The number of allylic oxidation sites excluding steroid dienone is 1. The number of benzene rings is 1. The zero-order valence-electron chi connectivity index (χ0n) is 14.5. The summed E-state index contributed by atoms with van der Waals surface area (Å²) in [6.45, 7) is 3.25. The number of ketones is 1. The normalized spacial score (nSPS) is 19.4. The number of carbonyl (C=O) groups is 2. The molecule has 1 atom stereocenters. The molecule has 1 aromatic carbocycles. The lowest BCUT2D eigenvalue weighted by Crippen LogP contribution is -2.38. The largest absolute Gasteiger partial charge is 0.458 e. The van der Waals surface area contributed by atoms with Gasteiger partial charge in [0.05, 0.1) is 15.8 Å². The third kappa shape index (κ3) is 3.12. The fourth-order valence-corrected chi connectivity index (χ4v) is 4.50. The molecule has 2 aliphatic rings. The van der Waals surface area contributed by atoms with Crippen LogP contribution in [0.15, 0.2) is 51.0 Å². The summed E-state index contributed by atoms with van der Waals surface area (Å²) in [5.41, 5.74) is 1.82. The standard InChI is InChI=1S/C19H14Cl2N2O3S/c1-9-17(10(2)24)18(23-16(25)8-27-19(23)22-9)15-6-5-14(26-15)11-3-4-12(20)13(21)7-11/h3-7,18H,8H2,1-2H3/t18-/m1/s1. The SMILES string of the molecule is CC(=O)C1=C(C)N=C2SCC(=O)N2[C@@H]1c1ccc(-c2ccc(Cl)c(Cl)c2)o1. The minimum absolute atomic E-state index is 0.0949. The van der Waals surface area contributed by atoms with Crippen LogP contribution in [0, 0.1) is 0 Å². The van der Waals surface area contributed by atoms with E-state index in [1.165, 1.54) is 18.7 Å². The van der Waals surface area contributed by atoms with Gasteiger partial charge in [-0.2, -0.15) is 0 Å². The van der Waals surface area contributed by atoms with Gasteiger partial charge in [-0.3, -0.25) is 14.5 Å². The Bertz CT molecular complexity index is 1040. The topological polar surface area (TPSA) is 62.9 Å². The molecule has 1 aromatic heterocycles. The number of aliphatic imine (C=N–C) groups is 1. The van der Waals surface area contributed by atoms with Gasteiger partial charge in [0.1, 0.15) is 17.6 Å². The first-order chi connectivity index (χ1) is 12.9. The summed E-state index contributed by atoms with van der Waals surface area (Å²) in [7, 11) is 0. The number of halogens is 2. The number of amides is 1. The highest BCUT2D eigenvalue weighted by Gasteiger charge is 2.43. The van der Waals surface area contributed by atoms with E-state index >= 15 is 0 Å². The molecule has 2 aromatic rings. The van der Waals surface area contributed by atoms with E-state index in [0.717, 1.165) is 5.56 Å². The molecule has 2 aliphatic heterocycles. The van der Waals surface area contributed by atoms with Gasteiger partial charge >= 0.3 is 0 Å². The number of Topliss-reactive ketones (excluding diaryl/α,β-unsaturated/α-hetero) is 1. The van der Waals surface area contributed by atoms with Crippen molar-refractivity contribution in [1.82, 2.24) is 4.90 Å². The Morgan fingerprint density at radius 3 is 2.74 bits per heavy atom. The van der Waals surface area contributed by atoms with Gasteiger partial charge in [0.2, 0.25) is 5.91 Å². The van der Waals surface area contributed by atoms with E-state index in [0.29, 0.717) is 43.8 Å². The molecule has 1 fully saturated rings. The number of nitrogens with zero attached hydrogens (tertiary/aromatic N) is 2. The molecule has 0 unspecified atom stereocenters. The predicted molar refractivity (Wildman–Crippen MR) is 107 cm³/mol. The Kier molecular flexibility index (Phi) is 4.66. The van der Waals surface area contributed by atoms with Crippen LogP contribution < -0.4 is 0 Å². The Hall–Kier alpha value is -2.02. The molecule has 0 radical (unpaired) electrons. The molecule has 0 bridgehead atoms. The fraction of sp³-hybridized carbons (Fsp3) is 0.211. The van der Waals surface area contributed by atoms with Crippen molar-refractivity contribution >= 4 is 51.8 Å². The number of hydrogen-bond acceptors (Lipinski definition) is 5. The lowest BCUT2D eigenvalue weighted by atomic mass is 9.96. The molecular formula is C19H14Cl2N2O3S. The molecular weight excluding hydrogens is 407 g/mol. The summed E-state index contributed by atoms with van der Waals surface area (Å²) < 4.78 is 6.04. The number of fused-ring (bicyclic) bond motifs is 1. The zero-order chi connectivity index (χ0) is 19.3. The maximum atomic E-state index is 12.4. The smallest absolute Gasteiger partial charge is 0.239 e. The van der Waals surface area contributed by atoms with Crippen molar-refractivity contribution in [2.24, 2.45) is 4.99 Å². The fourth-order valence-electron chi connectivity index (χ4n) is 3.26. The molecule has 27 heavy (non-hydrogen) atoms. The summed E-state index contributed by atoms with van der Waals surface area (Å²) in [5.74, 6) is 1.14. The second kappa shape index (κ2) is 6.86. The summed E-state index contributed by atoms with van der Waals surface area (Å²) in [4.78, 5) is 30.7. The van der Waals surface area contributed by atoms with Crippen LogP contribution in [-0.2, 0) is 9.59 Å². The minimum Gasteiger partial charge on any atom is -0.458 e. The second-order valence-corrected chi connectivity index (χ2v) is 7.99. The Balaban J connectivity index is 1.80. The molecule has 1 saturated heterocycles. The van der Waals surface area contributed by atoms with Gasteiger partial charge in [-0.25, -0.2) is 4.99 Å². The first kappa shape index (κ1) is 18.3. The van der Waals surface area contributed by atoms with Gasteiger partial charge in [-0.1, -0.05) is 35.0 Å². The molecule has 4 rings (SSSR count). The number of hydrogen-bond donors (Lipinski definition) is 0. The first-order valence-corrected chi connectivity index (χ1v) is 9.91. The number of amidine groups is 1. The van der Waals surface area contributed by atoms with Gasteiger partial charge in [-0.15, -0.1) is 0 Å².